The van der Waals surface area contributed by atoms with Crippen LogP contribution in [0.2, 0.25) is 0 Å². The van der Waals surface area contributed by atoms with Crippen molar-refractivity contribution in [2.45, 2.75) is 111 Å². The number of amides is 3. The van der Waals surface area contributed by atoms with Gasteiger partial charge in [0.15, 0.2) is 0 Å². The Morgan fingerprint density at radius 3 is 2.33 bits per heavy atom. The monoisotopic (exact) mass is 543 g/mol. The van der Waals surface area contributed by atoms with Gasteiger partial charge in [0, 0.05) is 6.54 Å². The molecule has 2 fully saturated rings. The Morgan fingerprint density at radius 1 is 1.03 bits per heavy atom. The molecule has 3 amide bonds. The van der Waals surface area contributed by atoms with Gasteiger partial charge >= 0.3 is 6.09 Å². The summed E-state index contributed by atoms with van der Waals surface area (Å²) in [5, 5.41) is 6.04. The minimum atomic E-state index is -0.817. The number of fused-ring (bicyclic) bond motifs is 1. The molecule has 39 heavy (non-hydrogen) atoms. The van der Waals surface area contributed by atoms with Crippen LogP contribution in [0.1, 0.15) is 86.1 Å². The van der Waals surface area contributed by atoms with Gasteiger partial charge in [0.05, 0.1) is 19.3 Å². The zero-order chi connectivity index (χ0) is 28.8. The lowest BCUT2D eigenvalue weighted by atomic mass is 9.85. The normalized spacial score (nSPS) is 22.6. The van der Waals surface area contributed by atoms with Gasteiger partial charge in [0.25, 0.3) is 0 Å². The van der Waals surface area contributed by atoms with Crippen LogP contribution in [0.4, 0.5) is 4.79 Å². The topological polar surface area (TPSA) is 97.0 Å². The standard InChI is InChI=1S/C31H49N3O5/c1-8-13-23(20-38-19-21-14-10-9-11-15-21)32-27(35)25-24-17-12-16-22(24)18-34(25)28(36)26(30(2,3)4)33-29(37)39-31(5,6)7/h9-11,14-15,22-26H,8,12-13,16-20H2,1-7H3,(H,32,35)(H,33,37)/t22-,23-,24-,25-,26+/m0/s1. The van der Waals surface area contributed by atoms with E-state index in [2.05, 4.69) is 17.6 Å². The quantitative estimate of drug-likeness (QED) is 0.430. The van der Waals surface area contributed by atoms with Gasteiger partial charge in [0.2, 0.25) is 11.8 Å². The van der Waals surface area contributed by atoms with E-state index in [0.717, 1.165) is 37.7 Å². The van der Waals surface area contributed by atoms with E-state index < -0.39 is 29.2 Å². The molecule has 2 aliphatic rings. The van der Waals surface area contributed by atoms with Crippen molar-refractivity contribution in [2.75, 3.05) is 13.2 Å². The van der Waals surface area contributed by atoms with Crippen LogP contribution in [0.25, 0.3) is 0 Å². The average molecular weight is 544 g/mol. The summed E-state index contributed by atoms with van der Waals surface area (Å²) in [4.78, 5) is 42.3. The van der Waals surface area contributed by atoms with E-state index in [-0.39, 0.29) is 23.8 Å². The number of rotatable bonds is 10. The summed E-state index contributed by atoms with van der Waals surface area (Å²) in [5.41, 5.74) is -0.159. The van der Waals surface area contributed by atoms with Crippen molar-refractivity contribution in [1.82, 2.24) is 15.5 Å². The Kier molecular flexibility index (Phi) is 10.4. The number of benzene rings is 1. The van der Waals surface area contributed by atoms with E-state index in [1.807, 2.05) is 51.1 Å². The third-order valence-corrected chi connectivity index (χ3v) is 7.63. The number of hydrogen-bond donors (Lipinski definition) is 2. The van der Waals surface area contributed by atoms with E-state index in [4.69, 9.17) is 9.47 Å². The molecule has 3 rings (SSSR count). The molecule has 1 aromatic rings. The molecule has 1 saturated heterocycles. The van der Waals surface area contributed by atoms with Crippen molar-refractivity contribution in [1.29, 1.82) is 0 Å². The molecule has 1 aliphatic heterocycles. The number of ether oxygens (including phenoxy) is 2. The second kappa shape index (κ2) is 13.2. The first-order valence-electron chi connectivity index (χ1n) is 14.5. The van der Waals surface area contributed by atoms with Gasteiger partial charge in [-0.05, 0) is 62.8 Å². The average Bonchev–Trinajstić information content (AvgIpc) is 3.42. The first-order valence-corrected chi connectivity index (χ1v) is 14.5. The number of likely N-dealkylation sites (tertiary alicyclic amines) is 1. The first kappa shape index (κ1) is 30.9. The Balaban J connectivity index is 1.73. The molecule has 0 unspecified atom stereocenters. The van der Waals surface area contributed by atoms with Crippen molar-refractivity contribution in [3.05, 3.63) is 35.9 Å². The molecule has 2 N–H and O–H groups in total. The van der Waals surface area contributed by atoms with Gasteiger partial charge in [0.1, 0.15) is 17.7 Å². The fraction of sp³-hybridized carbons (Fsp3) is 0.710. The largest absolute Gasteiger partial charge is 0.444 e. The second-order valence-electron chi connectivity index (χ2n) is 13.2. The van der Waals surface area contributed by atoms with E-state index >= 15 is 0 Å². The van der Waals surface area contributed by atoms with E-state index in [9.17, 15) is 14.4 Å². The summed E-state index contributed by atoms with van der Waals surface area (Å²) in [6.45, 7) is 14.6. The summed E-state index contributed by atoms with van der Waals surface area (Å²) in [7, 11) is 0. The van der Waals surface area contributed by atoms with Crippen LogP contribution in [0.5, 0.6) is 0 Å². The second-order valence-corrected chi connectivity index (χ2v) is 13.2. The van der Waals surface area contributed by atoms with Crippen molar-refractivity contribution in [2.24, 2.45) is 17.3 Å². The lowest BCUT2D eigenvalue weighted by Gasteiger charge is -2.37. The highest BCUT2D eigenvalue weighted by Gasteiger charge is 2.52. The lowest BCUT2D eigenvalue weighted by molar-refractivity contribution is -0.143. The van der Waals surface area contributed by atoms with Crippen molar-refractivity contribution >= 4 is 17.9 Å². The first-order chi connectivity index (χ1) is 18.3. The minimum Gasteiger partial charge on any atom is -0.444 e. The maximum Gasteiger partial charge on any atom is 0.408 e. The van der Waals surface area contributed by atoms with Gasteiger partial charge in [-0.15, -0.1) is 0 Å². The molecule has 1 aliphatic carbocycles. The minimum absolute atomic E-state index is 0.121. The van der Waals surface area contributed by atoms with Crippen LogP contribution >= 0.6 is 0 Å². The van der Waals surface area contributed by atoms with Crippen LogP contribution in [-0.2, 0) is 25.7 Å². The van der Waals surface area contributed by atoms with E-state index in [1.165, 1.54) is 0 Å². The van der Waals surface area contributed by atoms with Gasteiger partial charge in [-0.25, -0.2) is 4.79 Å². The van der Waals surface area contributed by atoms with Crippen LogP contribution in [-0.4, -0.2) is 59.7 Å². The lowest BCUT2D eigenvalue weighted by Crippen LogP contribution is -2.59. The molecule has 8 heteroatoms. The number of nitrogens with one attached hydrogen (secondary N) is 2. The molecule has 0 radical (unpaired) electrons. The van der Waals surface area contributed by atoms with Crippen LogP contribution in [0, 0.1) is 17.3 Å². The summed E-state index contributed by atoms with van der Waals surface area (Å²) in [6.07, 6.45) is 4.07. The number of nitrogens with zero attached hydrogens (tertiary/aromatic N) is 1. The third-order valence-electron chi connectivity index (χ3n) is 7.63. The molecule has 5 atom stereocenters. The van der Waals surface area contributed by atoms with Gasteiger partial charge in [-0.3, -0.25) is 9.59 Å². The number of carbonyl (C=O) groups is 3. The van der Waals surface area contributed by atoms with Crippen molar-refractivity contribution < 1.29 is 23.9 Å². The van der Waals surface area contributed by atoms with Gasteiger partial charge < -0.3 is 25.0 Å². The zero-order valence-corrected chi connectivity index (χ0v) is 24.9. The summed E-state index contributed by atoms with van der Waals surface area (Å²) < 4.78 is 11.4. The molecule has 0 bridgehead atoms. The molecule has 218 valence electrons. The summed E-state index contributed by atoms with van der Waals surface area (Å²) in [5.74, 6) is 0.0779. The number of carbonyl (C=O) groups excluding carboxylic acids is 3. The molecular weight excluding hydrogens is 494 g/mol. The molecule has 1 heterocycles. The van der Waals surface area contributed by atoms with Crippen molar-refractivity contribution in [3.63, 3.8) is 0 Å². The fourth-order valence-corrected chi connectivity index (χ4v) is 5.83. The maximum absolute atomic E-state index is 14.0. The van der Waals surface area contributed by atoms with Crippen molar-refractivity contribution in [3.8, 4) is 0 Å². The van der Waals surface area contributed by atoms with Crippen LogP contribution in [0.3, 0.4) is 0 Å². The highest BCUT2D eigenvalue weighted by molar-refractivity contribution is 5.92. The number of hydrogen-bond acceptors (Lipinski definition) is 5. The maximum atomic E-state index is 14.0. The predicted octanol–water partition coefficient (Wildman–Crippen LogP) is 5.05. The fourth-order valence-electron chi connectivity index (χ4n) is 5.83. The molecule has 0 spiro atoms. The van der Waals surface area contributed by atoms with Gasteiger partial charge in [-0.1, -0.05) is 70.9 Å². The van der Waals surface area contributed by atoms with Crippen LogP contribution in [0.15, 0.2) is 30.3 Å². The Morgan fingerprint density at radius 2 is 1.72 bits per heavy atom. The van der Waals surface area contributed by atoms with E-state index in [1.54, 1.807) is 25.7 Å². The molecule has 0 aromatic heterocycles. The smallest absolute Gasteiger partial charge is 0.408 e. The molecule has 1 aromatic carbocycles. The zero-order valence-electron chi connectivity index (χ0n) is 24.9. The van der Waals surface area contributed by atoms with Gasteiger partial charge in [-0.2, -0.15) is 0 Å². The highest BCUT2D eigenvalue weighted by Crippen LogP contribution is 2.43. The Labute approximate surface area is 234 Å². The molecular formula is C31H49N3O5. The predicted molar refractivity (Wildman–Crippen MR) is 152 cm³/mol. The van der Waals surface area contributed by atoms with E-state index in [0.29, 0.717) is 25.7 Å². The summed E-state index contributed by atoms with van der Waals surface area (Å²) in [6, 6.07) is 8.47. The summed E-state index contributed by atoms with van der Waals surface area (Å²) >= 11 is 0. The third kappa shape index (κ3) is 8.69. The highest BCUT2D eigenvalue weighted by atomic mass is 16.6. The van der Waals surface area contributed by atoms with Crippen LogP contribution < -0.4 is 10.6 Å². The molecule has 1 saturated carbocycles. The Bertz CT molecular complexity index is 969. The number of alkyl carbamates (subject to hydrolysis) is 1. The Hall–Kier alpha value is -2.61. The molecule has 8 nitrogen and oxygen atoms in total. The SMILES string of the molecule is CCC[C@@H](COCc1ccccc1)NC(=O)[C@@H]1[C@H]2CCC[C@H]2CN1C(=O)[C@@H](NC(=O)OC(C)(C)C)C(C)(C)C.